The van der Waals surface area contributed by atoms with E-state index in [1.165, 1.54) is 0 Å². The Morgan fingerprint density at radius 1 is 1.19 bits per heavy atom. The van der Waals surface area contributed by atoms with Crippen LogP contribution in [0.1, 0.15) is 23.2 Å². The van der Waals surface area contributed by atoms with Gasteiger partial charge in [0.15, 0.2) is 5.82 Å². The largest absolute Gasteiger partial charge is 0.385 e. The predicted molar refractivity (Wildman–Crippen MR) is 59.7 cm³/mol. The molecule has 2 aromatic rings. The SMILES string of the molecule is Cc1cnc(C(O)Cc2ccccn2)nc1. The number of aliphatic hydroxyl groups excluding tert-OH is 1. The Labute approximate surface area is 94.0 Å². The van der Waals surface area contributed by atoms with E-state index in [9.17, 15) is 5.11 Å². The van der Waals surface area contributed by atoms with Crippen LogP contribution in [0.25, 0.3) is 0 Å². The predicted octanol–water partition coefficient (Wildman–Crippen LogP) is 1.46. The Morgan fingerprint density at radius 2 is 1.94 bits per heavy atom. The standard InChI is InChI=1S/C12H13N3O/c1-9-7-14-12(15-8-9)11(16)6-10-4-2-3-5-13-10/h2-5,7-8,11,16H,6H2,1H3. The summed E-state index contributed by atoms with van der Waals surface area (Å²) in [5, 5.41) is 9.90. The summed E-state index contributed by atoms with van der Waals surface area (Å²) in [6.07, 6.45) is 4.84. The zero-order valence-corrected chi connectivity index (χ0v) is 9.04. The zero-order chi connectivity index (χ0) is 11.4. The first-order valence-corrected chi connectivity index (χ1v) is 5.12. The third-order valence-electron chi connectivity index (χ3n) is 2.23. The lowest BCUT2D eigenvalue weighted by atomic mass is 10.1. The first kappa shape index (κ1) is 10.7. The minimum atomic E-state index is -0.699. The molecule has 1 unspecified atom stereocenters. The lowest BCUT2D eigenvalue weighted by Gasteiger charge is -2.08. The van der Waals surface area contributed by atoms with E-state index in [1.54, 1.807) is 18.6 Å². The highest BCUT2D eigenvalue weighted by molar-refractivity contribution is 5.08. The molecule has 1 atom stereocenters. The molecule has 0 amide bonds. The maximum Gasteiger partial charge on any atom is 0.157 e. The van der Waals surface area contributed by atoms with E-state index in [1.807, 2.05) is 25.1 Å². The van der Waals surface area contributed by atoms with Crippen molar-refractivity contribution in [3.05, 3.63) is 53.9 Å². The van der Waals surface area contributed by atoms with Gasteiger partial charge in [-0.25, -0.2) is 9.97 Å². The van der Waals surface area contributed by atoms with Crippen molar-refractivity contribution >= 4 is 0 Å². The second-order valence-electron chi connectivity index (χ2n) is 3.66. The summed E-state index contributed by atoms with van der Waals surface area (Å²) in [6, 6.07) is 5.61. The number of aromatic nitrogens is 3. The summed E-state index contributed by atoms with van der Waals surface area (Å²) in [5.41, 5.74) is 1.81. The Hall–Kier alpha value is -1.81. The molecule has 0 aliphatic rings. The molecule has 0 radical (unpaired) electrons. The first-order chi connectivity index (χ1) is 7.75. The fraction of sp³-hybridized carbons (Fsp3) is 0.250. The molecule has 0 saturated heterocycles. The van der Waals surface area contributed by atoms with Crippen LogP contribution in [0.2, 0.25) is 0 Å². The third-order valence-corrected chi connectivity index (χ3v) is 2.23. The van der Waals surface area contributed by atoms with Gasteiger partial charge in [0.05, 0.1) is 0 Å². The number of hydrogen-bond donors (Lipinski definition) is 1. The summed E-state index contributed by atoms with van der Waals surface area (Å²) < 4.78 is 0. The van der Waals surface area contributed by atoms with Gasteiger partial charge in [0.2, 0.25) is 0 Å². The van der Waals surface area contributed by atoms with Gasteiger partial charge < -0.3 is 5.11 Å². The molecule has 16 heavy (non-hydrogen) atoms. The summed E-state index contributed by atoms with van der Waals surface area (Å²) in [5.74, 6) is 0.441. The molecular formula is C12H13N3O. The summed E-state index contributed by atoms with van der Waals surface area (Å²) in [7, 11) is 0. The number of aryl methyl sites for hydroxylation is 1. The van der Waals surface area contributed by atoms with Crippen LogP contribution in [0.4, 0.5) is 0 Å². The van der Waals surface area contributed by atoms with Gasteiger partial charge in [-0.05, 0) is 24.6 Å². The molecule has 82 valence electrons. The number of rotatable bonds is 3. The van der Waals surface area contributed by atoms with E-state index in [2.05, 4.69) is 15.0 Å². The molecule has 0 aliphatic heterocycles. The van der Waals surface area contributed by atoms with Crippen LogP contribution in [0, 0.1) is 6.92 Å². The molecule has 2 rings (SSSR count). The monoisotopic (exact) mass is 215 g/mol. The summed E-state index contributed by atoms with van der Waals surface area (Å²) in [4.78, 5) is 12.3. The number of aliphatic hydroxyl groups is 1. The molecule has 2 aromatic heterocycles. The number of pyridine rings is 1. The van der Waals surface area contributed by atoms with E-state index < -0.39 is 6.10 Å². The minimum Gasteiger partial charge on any atom is -0.385 e. The lowest BCUT2D eigenvalue weighted by Crippen LogP contribution is -2.07. The van der Waals surface area contributed by atoms with Crippen molar-refractivity contribution < 1.29 is 5.11 Å². The van der Waals surface area contributed by atoms with E-state index in [4.69, 9.17) is 0 Å². The highest BCUT2D eigenvalue weighted by atomic mass is 16.3. The summed E-state index contributed by atoms with van der Waals surface area (Å²) >= 11 is 0. The van der Waals surface area contributed by atoms with Crippen LogP contribution < -0.4 is 0 Å². The number of nitrogens with zero attached hydrogens (tertiary/aromatic N) is 3. The van der Waals surface area contributed by atoms with Crippen molar-refractivity contribution in [3.63, 3.8) is 0 Å². The molecular weight excluding hydrogens is 202 g/mol. The Morgan fingerprint density at radius 3 is 2.56 bits per heavy atom. The van der Waals surface area contributed by atoms with Gasteiger partial charge in [-0.15, -0.1) is 0 Å². The Kier molecular flexibility index (Phi) is 3.22. The van der Waals surface area contributed by atoms with Crippen LogP contribution in [0.3, 0.4) is 0 Å². The van der Waals surface area contributed by atoms with Gasteiger partial charge >= 0.3 is 0 Å². The van der Waals surface area contributed by atoms with Gasteiger partial charge in [-0.1, -0.05) is 6.07 Å². The molecule has 0 saturated carbocycles. The van der Waals surface area contributed by atoms with E-state index in [-0.39, 0.29) is 0 Å². The van der Waals surface area contributed by atoms with Crippen LogP contribution >= 0.6 is 0 Å². The van der Waals surface area contributed by atoms with Gasteiger partial charge in [-0.3, -0.25) is 4.98 Å². The Balaban J connectivity index is 2.09. The molecule has 0 fully saturated rings. The maximum absolute atomic E-state index is 9.90. The first-order valence-electron chi connectivity index (χ1n) is 5.12. The second kappa shape index (κ2) is 4.81. The van der Waals surface area contributed by atoms with Gasteiger partial charge in [0.25, 0.3) is 0 Å². The van der Waals surface area contributed by atoms with E-state index in [0.717, 1.165) is 11.3 Å². The van der Waals surface area contributed by atoms with Crippen LogP contribution in [-0.2, 0) is 6.42 Å². The normalized spacial score (nSPS) is 12.4. The Bertz CT molecular complexity index is 442. The molecule has 2 heterocycles. The number of hydrogen-bond acceptors (Lipinski definition) is 4. The fourth-order valence-electron chi connectivity index (χ4n) is 1.38. The molecule has 0 aromatic carbocycles. The average molecular weight is 215 g/mol. The molecule has 0 spiro atoms. The van der Waals surface area contributed by atoms with Gasteiger partial charge in [0.1, 0.15) is 6.10 Å². The maximum atomic E-state index is 9.90. The highest BCUT2D eigenvalue weighted by Crippen LogP contribution is 2.12. The van der Waals surface area contributed by atoms with Crippen molar-refractivity contribution in [2.24, 2.45) is 0 Å². The average Bonchev–Trinajstić information content (AvgIpc) is 2.31. The molecule has 0 bridgehead atoms. The van der Waals surface area contributed by atoms with Crippen molar-refractivity contribution in [2.75, 3.05) is 0 Å². The zero-order valence-electron chi connectivity index (χ0n) is 9.04. The summed E-state index contributed by atoms with van der Waals surface area (Å²) in [6.45, 7) is 1.91. The molecule has 1 N–H and O–H groups in total. The van der Waals surface area contributed by atoms with Crippen LogP contribution in [0.15, 0.2) is 36.8 Å². The fourth-order valence-corrected chi connectivity index (χ4v) is 1.38. The van der Waals surface area contributed by atoms with Crippen molar-refractivity contribution in [2.45, 2.75) is 19.4 Å². The van der Waals surface area contributed by atoms with Crippen molar-refractivity contribution in [3.8, 4) is 0 Å². The minimum absolute atomic E-state index is 0.434. The van der Waals surface area contributed by atoms with Crippen molar-refractivity contribution in [1.29, 1.82) is 0 Å². The van der Waals surface area contributed by atoms with Crippen LogP contribution in [-0.4, -0.2) is 20.1 Å². The van der Waals surface area contributed by atoms with Crippen LogP contribution in [0.5, 0.6) is 0 Å². The van der Waals surface area contributed by atoms with Gasteiger partial charge in [0, 0.05) is 30.7 Å². The highest BCUT2D eigenvalue weighted by Gasteiger charge is 2.11. The van der Waals surface area contributed by atoms with E-state index in [0.29, 0.717) is 12.2 Å². The quantitative estimate of drug-likeness (QED) is 0.842. The molecule has 4 nitrogen and oxygen atoms in total. The molecule has 4 heteroatoms. The van der Waals surface area contributed by atoms with Crippen molar-refractivity contribution in [1.82, 2.24) is 15.0 Å². The lowest BCUT2D eigenvalue weighted by molar-refractivity contribution is 0.167. The molecule has 0 aliphatic carbocycles. The second-order valence-corrected chi connectivity index (χ2v) is 3.66. The topological polar surface area (TPSA) is 58.9 Å². The van der Waals surface area contributed by atoms with E-state index >= 15 is 0 Å². The smallest absolute Gasteiger partial charge is 0.157 e. The third kappa shape index (κ3) is 2.61. The van der Waals surface area contributed by atoms with Gasteiger partial charge in [-0.2, -0.15) is 0 Å².